The van der Waals surface area contributed by atoms with E-state index in [1.807, 2.05) is 50.0 Å². The molecule has 0 unspecified atom stereocenters. The second kappa shape index (κ2) is 21.8. The number of rotatable bonds is 13. The molecule has 6 heterocycles. The number of nitrogens with zero attached hydrogens (tertiary/aromatic N) is 7. The van der Waals surface area contributed by atoms with Crippen LogP contribution in [-0.2, 0) is 17.6 Å². The van der Waals surface area contributed by atoms with E-state index in [4.69, 9.17) is 18.9 Å². The van der Waals surface area contributed by atoms with Gasteiger partial charge in [-0.3, -0.25) is 24.6 Å². The number of hydrogen-bond donors (Lipinski definition) is 1. The summed E-state index contributed by atoms with van der Waals surface area (Å²) in [5.41, 5.74) is 4.85. The molecule has 13 heteroatoms. The topological polar surface area (TPSA) is 108 Å². The Labute approximate surface area is 368 Å². The van der Waals surface area contributed by atoms with Gasteiger partial charge in [0.25, 0.3) is 0 Å². The summed E-state index contributed by atoms with van der Waals surface area (Å²) in [6, 6.07) is 21.3. The first-order chi connectivity index (χ1) is 30.5. The van der Waals surface area contributed by atoms with Crippen LogP contribution in [-0.4, -0.2) is 149 Å². The van der Waals surface area contributed by atoms with Gasteiger partial charge in [-0.1, -0.05) is 31.4 Å². The number of hydrogen-bond acceptors (Lipinski definition) is 12. The van der Waals surface area contributed by atoms with E-state index in [9.17, 15) is 4.79 Å². The predicted octanol–water partition coefficient (Wildman–Crippen LogP) is 5.43. The third-order valence-corrected chi connectivity index (χ3v) is 13.2. The maximum atomic E-state index is 13.4. The molecule has 4 aliphatic heterocycles. The first kappa shape index (κ1) is 43.5. The van der Waals surface area contributed by atoms with Crippen LogP contribution in [0.2, 0.25) is 0 Å². The van der Waals surface area contributed by atoms with Crippen LogP contribution in [0.15, 0.2) is 85.5 Å². The van der Waals surface area contributed by atoms with E-state index in [0.29, 0.717) is 38.4 Å². The first-order valence-electron chi connectivity index (χ1n) is 23.0. The van der Waals surface area contributed by atoms with Gasteiger partial charge in [-0.15, -0.1) is 0 Å². The molecule has 2 aromatic heterocycles. The lowest BCUT2D eigenvalue weighted by atomic mass is 9.88. The summed E-state index contributed by atoms with van der Waals surface area (Å²) in [4.78, 5) is 33.6. The van der Waals surface area contributed by atoms with Gasteiger partial charge in [-0.05, 0) is 92.4 Å². The molecule has 13 nitrogen and oxygen atoms in total. The molecule has 1 amide bonds. The number of anilines is 2. The Morgan fingerprint density at radius 3 is 1.65 bits per heavy atom. The average molecular weight is 847 g/mol. The van der Waals surface area contributed by atoms with Crippen molar-refractivity contribution in [3.05, 3.63) is 96.6 Å². The number of nitrogens with one attached hydrogen (secondary N) is 1. The number of fused-ring (bicyclic) bond motifs is 2. The van der Waals surface area contributed by atoms with Crippen LogP contribution >= 0.6 is 0 Å². The lowest BCUT2D eigenvalue weighted by Gasteiger charge is -2.41. The molecule has 0 radical (unpaired) electrons. The fourth-order valence-corrected chi connectivity index (χ4v) is 9.56. The fraction of sp³-hybridized carbons (Fsp3) is 0.531. The summed E-state index contributed by atoms with van der Waals surface area (Å²) in [5.74, 6) is 4.02. The standard InChI is InChI=1S/C28H38N4O3.C21H28N4O2/c1-30(28(33)23-6-3-2-4-7-23)24(20-22-10-12-29-13-11-22)21-31-14-16-32(17-15-31)25-8-5-9-26-27(25)35-19-18-34-26;1-22-18(15-17-5-7-23-8-6-17)16-24-9-11-25(12-10-24)19-3-2-4-20-21(19)27-14-13-26-20/h5,8-13,23-24H,2-4,6-7,14-21H2,1H3;2-8,18,22H,9-16H2,1H3/t24-;18-/m11/s1. The first-order valence-corrected chi connectivity index (χ1v) is 23.0. The molecule has 0 spiro atoms. The number of piperazine rings is 2. The molecule has 1 saturated carbocycles. The summed E-state index contributed by atoms with van der Waals surface area (Å²) >= 11 is 0. The molecule has 3 fully saturated rings. The van der Waals surface area contributed by atoms with Gasteiger partial charge < -0.3 is 39.0 Å². The van der Waals surface area contributed by atoms with Crippen LogP contribution in [0, 0.1) is 5.92 Å². The van der Waals surface area contributed by atoms with E-state index in [-0.39, 0.29) is 12.0 Å². The molecule has 5 aliphatic rings. The predicted molar refractivity (Wildman–Crippen MR) is 244 cm³/mol. The monoisotopic (exact) mass is 847 g/mol. The highest BCUT2D eigenvalue weighted by atomic mass is 16.6. The van der Waals surface area contributed by atoms with E-state index in [1.54, 1.807) is 0 Å². The van der Waals surface area contributed by atoms with Crippen LogP contribution in [0.1, 0.15) is 43.2 Å². The van der Waals surface area contributed by atoms with Crippen molar-refractivity contribution in [1.82, 2.24) is 30.0 Å². The molecule has 332 valence electrons. The molecule has 2 aromatic carbocycles. The molecule has 0 bridgehead atoms. The molecule has 1 aliphatic carbocycles. The summed E-state index contributed by atoms with van der Waals surface area (Å²) in [6.07, 6.45) is 15.0. The Morgan fingerprint density at radius 1 is 0.645 bits per heavy atom. The van der Waals surface area contributed by atoms with Crippen LogP contribution in [0.5, 0.6) is 23.0 Å². The number of pyridine rings is 2. The van der Waals surface area contributed by atoms with Crippen molar-refractivity contribution in [1.29, 1.82) is 0 Å². The molecule has 2 atom stereocenters. The highest BCUT2D eigenvalue weighted by molar-refractivity contribution is 5.79. The lowest BCUT2D eigenvalue weighted by Crippen LogP contribution is -2.53. The third-order valence-electron chi connectivity index (χ3n) is 13.2. The van der Waals surface area contributed by atoms with Crippen LogP contribution < -0.4 is 34.1 Å². The summed E-state index contributed by atoms with van der Waals surface area (Å²) in [5, 5.41) is 3.47. The van der Waals surface area contributed by atoms with Crippen molar-refractivity contribution in [3.8, 4) is 23.0 Å². The number of para-hydroxylation sites is 2. The zero-order valence-corrected chi connectivity index (χ0v) is 36.8. The minimum Gasteiger partial charge on any atom is -0.486 e. The zero-order valence-electron chi connectivity index (χ0n) is 36.8. The fourth-order valence-electron chi connectivity index (χ4n) is 9.56. The lowest BCUT2D eigenvalue weighted by molar-refractivity contribution is -0.137. The quantitative estimate of drug-likeness (QED) is 0.186. The maximum Gasteiger partial charge on any atom is 0.225 e. The molecule has 4 aromatic rings. The van der Waals surface area contributed by atoms with Gasteiger partial charge in [0, 0.05) is 115 Å². The van der Waals surface area contributed by atoms with Crippen molar-refractivity contribution in [2.24, 2.45) is 5.92 Å². The maximum absolute atomic E-state index is 13.4. The van der Waals surface area contributed by atoms with Gasteiger partial charge in [0.05, 0.1) is 11.4 Å². The van der Waals surface area contributed by atoms with Gasteiger partial charge >= 0.3 is 0 Å². The minimum atomic E-state index is 0.152. The second-order valence-corrected chi connectivity index (χ2v) is 17.2. The Morgan fingerprint density at radius 2 is 1.13 bits per heavy atom. The normalized spacial score (nSPS) is 19.2. The summed E-state index contributed by atoms with van der Waals surface area (Å²) in [7, 11) is 4.07. The Balaban J connectivity index is 0.000000176. The van der Waals surface area contributed by atoms with Crippen molar-refractivity contribution >= 4 is 17.3 Å². The van der Waals surface area contributed by atoms with E-state index >= 15 is 0 Å². The number of aromatic nitrogens is 2. The van der Waals surface area contributed by atoms with Gasteiger partial charge in [0.2, 0.25) is 5.91 Å². The number of ether oxygens (including phenoxy) is 4. The van der Waals surface area contributed by atoms with Crippen molar-refractivity contribution in [2.75, 3.05) is 116 Å². The average Bonchev–Trinajstić information content (AvgIpc) is 3.34. The molecule has 9 rings (SSSR count). The third kappa shape index (κ3) is 11.3. The molecule has 2 saturated heterocycles. The van der Waals surface area contributed by atoms with Crippen molar-refractivity contribution in [3.63, 3.8) is 0 Å². The van der Waals surface area contributed by atoms with Gasteiger partial charge in [0.15, 0.2) is 23.0 Å². The Hall–Kier alpha value is -5.11. The molecule has 62 heavy (non-hydrogen) atoms. The largest absolute Gasteiger partial charge is 0.486 e. The molecular weight excluding hydrogens is 781 g/mol. The minimum absolute atomic E-state index is 0.152. The highest BCUT2D eigenvalue weighted by Crippen LogP contribution is 2.41. The van der Waals surface area contributed by atoms with E-state index in [2.05, 4.69) is 89.3 Å². The van der Waals surface area contributed by atoms with Crippen LogP contribution in [0.3, 0.4) is 0 Å². The van der Waals surface area contributed by atoms with Crippen molar-refractivity contribution in [2.45, 2.75) is 57.0 Å². The van der Waals surface area contributed by atoms with Crippen LogP contribution in [0.25, 0.3) is 0 Å². The number of carbonyl (C=O) groups is 1. The van der Waals surface area contributed by atoms with E-state index in [1.165, 1.54) is 30.4 Å². The summed E-state index contributed by atoms with van der Waals surface area (Å²) < 4.78 is 23.3. The van der Waals surface area contributed by atoms with E-state index in [0.717, 1.165) is 126 Å². The number of carbonyl (C=O) groups excluding carboxylic acids is 1. The van der Waals surface area contributed by atoms with Crippen LogP contribution in [0.4, 0.5) is 11.4 Å². The summed E-state index contributed by atoms with van der Waals surface area (Å²) in [6.45, 7) is 12.3. The van der Waals surface area contributed by atoms with Gasteiger partial charge in [-0.2, -0.15) is 0 Å². The number of likely N-dealkylation sites (N-methyl/N-ethyl adjacent to an activating group) is 2. The van der Waals surface area contributed by atoms with Gasteiger partial charge in [-0.25, -0.2) is 0 Å². The molecule has 1 N–H and O–H groups in total. The number of benzene rings is 2. The smallest absolute Gasteiger partial charge is 0.225 e. The molecular formula is C49H66N8O5. The van der Waals surface area contributed by atoms with Crippen molar-refractivity contribution < 1.29 is 23.7 Å². The Kier molecular flexibility index (Phi) is 15.3. The Bertz CT molecular complexity index is 1990. The second-order valence-electron chi connectivity index (χ2n) is 17.2. The number of amides is 1. The zero-order chi connectivity index (χ0) is 42.5. The van der Waals surface area contributed by atoms with E-state index < -0.39 is 0 Å². The van der Waals surface area contributed by atoms with Gasteiger partial charge in [0.1, 0.15) is 26.4 Å². The SMILES string of the molecule is CN(C(=O)C1CCCCC1)[C@H](Cc1ccncc1)CN1CCN(c2cccc3c2OCCO3)CC1.CN[C@H](Cc1ccncc1)CN1CCN(c2cccc3c2OCCO3)CC1. The highest BCUT2D eigenvalue weighted by Gasteiger charge is 2.31.